The summed E-state index contributed by atoms with van der Waals surface area (Å²) in [4.78, 5) is 0. The number of aliphatic hydroxyl groups excluding tert-OH is 1. The van der Waals surface area contributed by atoms with Crippen LogP contribution in [0.2, 0.25) is 0 Å². The van der Waals surface area contributed by atoms with E-state index in [0.717, 1.165) is 19.3 Å². The van der Waals surface area contributed by atoms with Crippen molar-refractivity contribution < 1.29 is 38.3 Å². The molecule has 0 saturated carbocycles. The van der Waals surface area contributed by atoms with E-state index in [9.17, 15) is 5.11 Å². The van der Waals surface area contributed by atoms with Gasteiger partial charge in [0.15, 0.2) is 6.29 Å². The van der Waals surface area contributed by atoms with Crippen LogP contribution in [-0.4, -0.2) is 98.3 Å². The van der Waals surface area contributed by atoms with Gasteiger partial charge in [-0.1, -0.05) is 0 Å². The van der Waals surface area contributed by atoms with Crippen LogP contribution < -0.4 is 0 Å². The molecule has 0 aromatic heterocycles. The van der Waals surface area contributed by atoms with Crippen LogP contribution in [-0.2, 0) is 33.2 Å². The summed E-state index contributed by atoms with van der Waals surface area (Å²) in [6.45, 7) is 6.46. The van der Waals surface area contributed by atoms with Gasteiger partial charge >= 0.3 is 0 Å². The van der Waals surface area contributed by atoms with E-state index in [1.54, 1.807) is 14.2 Å². The van der Waals surface area contributed by atoms with Crippen molar-refractivity contribution in [2.24, 2.45) is 0 Å². The van der Waals surface area contributed by atoms with Crippen molar-refractivity contribution in [3.63, 3.8) is 0 Å². The highest BCUT2D eigenvalue weighted by Gasteiger charge is 2.03. The van der Waals surface area contributed by atoms with Gasteiger partial charge in [-0.15, -0.1) is 0 Å². The normalized spacial score (nSPS) is 12.6. The first-order valence-corrected chi connectivity index (χ1v) is 9.39. The van der Waals surface area contributed by atoms with Crippen LogP contribution in [0.4, 0.5) is 0 Å². The zero-order valence-corrected chi connectivity index (χ0v) is 16.5. The summed E-state index contributed by atoms with van der Waals surface area (Å²) >= 11 is 0. The molecular weight excluding hydrogens is 344 g/mol. The molecule has 1 atom stereocenters. The minimum atomic E-state index is -0.730. The van der Waals surface area contributed by atoms with E-state index in [-0.39, 0.29) is 0 Å². The van der Waals surface area contributed by atoms with Crippen molar-refractivity contribution in [1.29, 1.82) is 0 Å². The third-order valence-corrected chi connectivity index (χ3v) is 3.34. The molecule has 8 heteroatoms. The predicted octanol–water partition coefficient (Wildman–Crippen LogP) is 1.24. The summed E-state index contributed by atoms with van der Waals surface area (Å²) in [5, 5.41) is 9.72. The molecule has 0 aliphatic carbocycles. The maximum absolute atomic E-state index is 9.72. The maximum atomic E-state index is 9.72. The van der Waals surface area contributed by atoms with Gasteiger partial charge in [0.1, 0.15) is 0 Å². The second kappa shape index (κ2) is 22.7. The van der Waals surface area contributed by atoms with E-state index in [4.69, 9.17) is 33.2 Å². The lowest BCUT2D eigenvalue weighted by molar-refractivity contribution is -0.108. The molecule has 158 valence electrons. The molecule has 0 fully saturated rings. The van der Waals surface area contributed by atoms with Crippen molar-refractivity contribution >= 4 is 0 Å². The molecule has 0 spiro atoms. The molecule has 1 N–H and O–H groups in total. The van der Waals surface area contributed by atoms with Gasteiger partial charge in [-0.05, 0) is 19.3 Å². The first kappa shape index (κ1) is 25.7. The van der Waals surface area contributed by atoms with Gasteiger partial charge in [0.05, 0.1) is 52.9 Å². The Morgan fingerprint density at radius 2 is 0.962 bits per heavy atom. The second-order valence-electron chi connectivity index (χ2n) is 5.61. The first-order chi connectivity index (χ1) is 12.8. The van der Waals surface area contributed by atoms with Crippen molar-refractivity contribution in [3.05, 3.63) is 0 Å². The van der Waals surface area contributed by atoms with Crippen molar-refractivity contribution in [3.8, 4) is 0 Å². The smallest absolute Gasteiger partial charge is 0.154 e. The average molecular weight is 382 g/mol. The fourth-order valence-electron chi connectivity index (χ4n) is 1.90. The summed E-state index contributed by atoms with van der Waals surface area (Å²) in [5.74, 6) is 0. The van der Waals surface area contributed by atoms with Crippen LogP contribution in [0.25, 0.3) is 0 Å². The van der Waals surface area contributed by atoms with E-state index < -0.39 is 6.29 Å². The zero-order chi connectivity index (χ0) is 19.1. The maximum Gasteiger partial charge on any atom is 0.154 e. The minimum absolute atomic E-state index is 0.531. The lowest BCUT2D eigenvalue weighted by Crippen LogP contribution is -2.15. The van der Waals surface area contributed by atoms with Gasteiger partial charge in [0, 0.05) is 40.5 Å². The molecule has 8 nitrogen and oxygen atoms in total. The van der Waals surface area contributed by atoms with E-state index in [1.807, 2.05) is 0 Å². The van der Waals surface area contributed by atoms with Crippen LogP contribution in [0.1, 0.15) is 25.7 Å². The summed E-state index contributed by atoms with van der Waals surface area (Å²) in [7, 11) is 3.29. The minimum Gasteiger partial charge on any atom is -0.382 e. The highest BCUT2D eigenvalue weighted by molar-refractivity contribution is 4.46. The van der Waals surface area contributed by atoms with Gasteiger partial charge < -0.3 is 38.3 Å². The average Bonchev–Trinajstić information content (AvgIpc) is 2.64. The Balaban J connectivity index is 3.12. The van der Waals surface area contributed by atoms with Crippen LogP contribution in [0.3, 0.4) is 0 Å². The molecule has 0 bridgehead atoms. The van der Waals surface area contributed by atoms with E-state index in [1.165, 1.54) is 0 Å². The SMILES string of the molecule is COCCOCCOCCCCOC(O)CCCOCCOCCOC. The summed E-state index contributed by atoms with van der Waals surface area (Å²) in [6, 6.07) is 0. The van der Waals surface area contributed by atoms with Gasteiger partial charge in [-0.2, -0.15) is 0 Å². The molecule has 1 unspecified atom stereocenters. The monoisotopic (exact) mass is 382 g/mol. The Kier molecular flexibility index (Phi) is 22.4. The van der Waals surface area contributed by atoms with E-state index >= 15 is 0 Å². The number of ether oxygens (including phenoxy) is 7. The number of rotatable bonds is 22. The molecule has 0 aliphatic heterocycles. The number of aliphatic hydroxyl groups is 1. The van der Waals surface area contributed by atoms with Crippen LogP contribution in [0.5, 0.6) is 0 Å². The summed E-state index contributed by atoms with van der Waals surface area (Å²) < 4.78 is 36.5. The molecule has 0 radical (unpaired) electrons. The molecular formula is C18H38O8. The Morgan fingerprint density at radius 3 is 1.50 bits per heavy atom. The standard InChI is InChI=1S/C18H38O8/c1-20-10-12-24-16-14-22-7-3-4-9-26-18(19)6-5-8-23-15-17-25-13-11-21-2/h18-19H,3-17H2,1-2H3. The second-order valence-corrected chi connectivity index (χ2v) is 5.61. The fraction of sp³-hybridized carbons (Fsp3) is 1.00. The summed E-state index contributed by atoms with van der Waals surface area (Å²) in [5.41, 5.74) is 0. The number of unbranched alkanes of at least 4 members (excludes halogenated alkanes) is 1. The Hall–Kier alpha value is -0.320. The third kappa shape index (κ3) is 21.7. The third-order valence-electron chi connectivity index (χ3n) is 3.34. The van der Waals surface area contributed by atoms with E-state index in [0.29, 0.717) is 79.1 Å². The quantitative estimate of drug-likeness (QED) is 0.221. The number of hydrogen-bond acceptors (Lipinski definition) is 8. The molecule has 26 heavy (non-hydrogen) atoms. The topological polar surface area (TPSA) is 84.8 Å². The number of hydrogen-bond donors (Lipinski definition) is 1. The lowest BCUT2D eigenvalue weighted by atomic mass is 10.3. The highest BCUT2D eigenvalue weighted by Crippen LogP contribution is 2.01. The molecule has 0 aromatic carbocycles. The van der Waals surface area contributed by atoms with Crippen molar-refractivity contribution in [2.75, 3.05) is 86.9 Å². The summed E-state index contributed by atoms with van der Waals surface area (Å²) in [6.07, 6.45) is 2.35. The molecule has 0 aliphatic rings. The molecule has 0 heterocycles. The Morgan fingerprint density at radius 1 is 0.538 bits per heavy atom. The van der Waals surface area contributed by atoms with Gasteiger partial charge in [0.25, 0.3) is 0 Å². The Labute approximate surface area is 158 Å². The highest BCUT2D eigenvalue weighted by atomic mass is 16.6. The largest absolute Gasteiger partial charge is 0.382 e. The van der Waals surface area contributed by atoms with Gasteiger partial charge in [0.2, 0.25) is 0 Å². The van der Waals surface area contributed by atoms with Crippen molar-refractivity contribution in [1.82, 2.24) is 0 Å². The molecule has 0 saturated heterocycles. The van der Waals surface area contributed by atoms with Crippen LogP contribution in [0, 0.1) is 0 Å². The fourth-order valence-corrected chi connectivity index (χ4v) is 1.90. The van der Waals surface area contributed by atoms with Crippen molar-refractivity contribution in [2.45, 2.75) is 32.0 Å². The number of methoxy groups -OCH3 is 2. The predicted molar refractivity (Wildman–Crippen MR) is 97.5 cm³/mol. The van der Waals surface area contributed by atoms with Gasteiger partial charge in [-0.25, -0.2) is 0 Å². The molecule has 0 rings (SSSR count). The molecule has 0 aromatic rings. The van der Waals surface area contributed by atoms with Crippen LogP contribution >= 0.6 is 0 Å². The lowest BCUT2D eigenvalue weighted by Gasteiger charge is -2.12. The molecule has 0 amide bonds. The van der Waals surface area contributed by atoms with Crippen LogP contribution in [0.15, 0.2) is 0 Å². The van der Waals surface area contributed by atoms with E-state index in [2.05, 4.69) is 0 Å². The Bertz CT molecular complexity index is 255. The van der Waals surface area contributed by atoms with Gasteiger partial charge in [-0.3, -0.25) is 0 Å². The zero-order valence-electron chi connectivity index (χ0n) is 16.5. The first-order valence-electron chi connectivity index (χ1n) is 9.39.